The summed E-state index contributed by atoms with van der Waals surface area (Å²) >= 11 is 0. The van der Waals surface area contributed by atoms with Crippen LogP contribution in [0.25, 0.3) is 0 Å². The van der Waals surface area contributed by atoms with Crippen molar-refractivity contribution in [1.82, 2.24) is 19.6 Å². The molecule has 1 saturated carbocycles. The molecule has 1 aromatic heterocycles. The number of carbonyl (C=O) groups is 2. The van der Waals surface area contributed by atoms with Gasteiger partial charge in [-0.1, -0.05) is 12.2 Å². The van der Waals surface area contributed by atoms with E-state index in [1.54, 1.807) is 9.58 Å². The van der Waals surface area contributed by atoms with Gasteiger partial charge in [-0.2, -0.15) is 5.10 Å². The number of nitrogens with zero attached hydrogens (tertiary/aromatic N) is 4. The lowest BCUT2D eigenvalue weighted by Gasteiger charge is -2.39. The molecule has 0 unspecified atom stereocenters. The molecule has 7 nitrogen and oxygen atoms in total. The molecule has 0 spiro atoms. The number of hydrogen-bond acceptors (Lipinski definition) is 4. The van der Waals surface area contributed by atoms with Gasteiger partial charge in [-0.05, 0) is 63.4 Å². The number of rotatable bonds is 5. The highest BCUT2D eigenvalue weighted by molar-refractivity contribution is 5.92. The Morgan fingerprint density at radius 3 is 2.55 bits per heavy atom. The van der Waals surface area contributed by atoms with Crippen LogP contribution in [0.4, 0.5) is 4.79 Å². The van der Waals surface area contributed by atoms with E-state index in [0.29, 0.717) is 43.1 Å². The van der Waals surface area contributed by atoms with Gasteiger partial charge in [0.05, 0.1) is 6.61 Å². The molecule has 1 aromatic rings. The molecular weight excluding hydrogens is 368 g/mol. The monoisotopic (exact) mass is 400 g/mol. The van der Waals surface area contributed by atoms with E-state index in [1.807, 2.05) is 27.0 Å². The molecule has 1 saturated heterocycles. The minimum Gasteiger partial charge on any atom is -0.450 e. The fourth-order valence-electron chi connectivity index (χ4n) is 5.14. The first kappa shape index (κ1) is 20.0. The van der Waals surface area contributed by atoms with Crippen molar-refractivity contribution in [2.24, 2.45) is 24.8 Å². The highest BCUT2D eigenvalue weighted by Gasteiger charge is 2.40. The molecular formula is C22H32N4O3. The summed E-state index contributed by atoms with van der Waals surface area (Å²) in [4.78, 5) is 29.3. The number of amides is 2. The Morgan fingerprint density at radius 1 is 1.24 bits per heavy atom. The van der Waals surface area contributed by atoms with E-state index >= 15 is 0 Å². The molecule has 29 heavy (non-hydrogen) atoms. The molecule has 2 amide bonds. The number of piperidine rings is 1. The number of carbonyl (C=O) groups excluding carboxylic acids is 2. The van der Waals surface area contributed by atoms with Crippen LogP contribution in [0.1, 0.15) is 48.8 Å². The first-order valence-corrected chi connectivity index (χ1v) is 10.9. The molecule has 0 aromatic carbocycles. The number of allylic oxidation sites excluding steroid dienone is 2. The first-order valence-electron chi connectivity index (χ1n) is 10.9. The summed E-state index contributed by atoms with van der Waals surface area (Å²) in [6, 6.07) is 2.02. The van der Waals surface area contributed by atoms with E-state index in [0.717, 1.165) is 25.1 Å². The average molecular weight is 401 g/mol. The van der Waals surface area contributed by atoms with Gasteiger partial charge in [0, 0.05) is 38.4 Å². The third kappa shape index (κ3) is 4.05. The Labute approximate surface area is 172 Å². The van der Waals surface area contributed by atoms with Crippen molar-refractivity contribution in [2.75, 3.05) is 26.2 Å². The maximum absolute atomic E-state index is 13.4. The van der Waals surface area contributed by atoms with Crippen LogP contribution < -0.4 is 0 Å². The third-order valence-electron chi connectivity index (χ3n) is 6.87. The van der Waals surface area contributed by atoms with E-state index in [1.165, 1.54) is 12.8 Å². The highest BCUT2D eigenvalue weighted by Crippen LogP contribution is 2.44. The molecule has 2 fully saturated rings. The smallest absolute Gasteiger partial charge is 0.409 e. The minimum atomic E-state index is -0.248. The average Bonchev–Trinajstić information content (AvgIpc) is 3.42. The van der Waals surface area contributed by atoms with Crippen LogP contribution in [0.2, 0.25) is 0 Å². The lowest BCUT2D eigenvalue weighted by atomic mass is 9.91. The largest absolute Gasteiger partial charge is 0.450 e. The van der Waals surface area contributed by atoms with Gasteiger partial charge in [-0.25, -0.2) is 4.79 Å². The van der Waals surface area contributed by atoms with Gasteiger partial charge in [0.1, 0.15) is 0 Å². The second kappa shape index (κ2) is 8.20. The zero-order chi connectivity index (χ0) is 20.5. The quantitative estimate of drug-likeness (QED) is 0.713. The molecule has 3 aliphatic rings. The maximum atomic E-state index is 13.4. The molecule has 2 bridgehead atoms. The van der Waals surface area contributed by atoms with Crippen molar-refractivity contribution in [3.63, 3.8) is 0 Å². The molecule has 1 aliphatic heterocycles. The summed E-state index contributed by atoms with van der Waals surface area (Å²) in [6.07, 6.45) is 8.41. The molecule has 0 radical (unpaired) electrons. The van der Waals surface area contributed by atoms with Crippen molar-refractivity contribution in [3.05, 3.63) is 29.6 Å². The Bertz CT molecular complexity index is 774. The maximum Gasteiger partial charge on any atom is 0.409 e. The van der Waals surface area contributed by atoms with Crippen LogP contribution in [0.3, 0.4) is 0 Å². The van der Waals surface area contributed by atoms with E-state index in [9.17, 15) is 9.59 Å². The number of likely N-dealkylation sites (tertiary alicyclic amines) is 1. The summed E-state index contributed by atoms with van der Waals surface area (Å²) in [5, 5.41) is 4.44. The lowest BCUT2D eigenvalue weighted by molar-refractivity contribution is 0.0477. The van der Waals surface area contributed by atoms with E-state index < -0.39 is 0 Å². The van der Waals surface area contributed by atoms with Crippen LogP contribution in [-0.4, -0.2) is 63.9 Å². The van der Waals surface area contributed by atoms with Gasteiger partial charge in [-0.3, -0.25) is 9.48 Å². The predicted molar refractivity (Wildman–Crippen MR) is 109 cm³/mol. The normalized spacial score (nSPS) is 26.2. The number of hydrogen-bond donors (Lipinski definition) is 0. The highest BCUT2D eigenvalue weighted by atomic mass is 16.6. The molecule has 4 rings (SSSR count). The Hall–Kier alpha value is -2.31. The van der Waals surface area contributed by atoms with Crippen molar-refractivity contribution in [2.45, 2.75) is 45.6 Å². The third-order valence-corrected chi connectivity index (χ3v) is 6.87. The second-order valence-corrected chi connectivity index (χ2v) is 8.71. The van der Waals surface area contributed by atoms with Crippen molar-refractivity contribution < 1.29 is 14.3 Å². The van der Waals surface area contributed by atoms with Crippen LogP contribution >= 0.6 is 0 Å². The number of ether oxygens (including phenoxy) is 1. The number of aryl methyl sites for hydroxylation is 2. The minimum absolute atomic E-state index is 0.0232. The summed E-state index contributed by atoms with van der Waals surface area (Å²) in [5.74, 6) is 1.84. The second-order valence-electron chi connectivity index (χ2n) is 8.71. The van der Waals surface area contributed by atoms with Crippen LogP contribution in [0.15, 0.2) is 18.2 Å². The van der Waals surface area contributed by atoms with Gasteiger partial charge in [0.2, 0.25) is 0 Å². The van der Waals surface area contributed by atoms with Crippen molar-refractivity contribution in [1.29, 1.82) is 0 Å². The predicted octanol–water partition coefficient (Wildman–Crippen LogP) is 3.00. The summed E-state index contributed by atoms with van der Waals surface area (Å²) < 4.78 is 6.90. The van der Waals surface area contributed by atoms with E-state index in [-0.39, 0.29) is 18.0 Å². The van der Waals surface area contributed by atoms with Gasteiger partial charge >= 0.3 is 6.09 Å². The molecule has 2 aliphatic carbocycles. The standard InChI is InChI=1S/C22H32N4O3/c1-4-29-22(28)25-9-7-19(8-10-25)26(14-18-13-16-5-6-17(18)12-16)21(27)20-11-15(2)24(3)23-20/h5-6,11,16-19H,4,7-10,12-14H2,1-3H3/t16-,17+,18+/m1/s1. The molecule has 158 valence electrons. The van der Waals surface area contributed by atoms with E-state index in [2.05, 4.69) is 22.2 Å². The van der Waals surface area contributed by atoms with Gasteiger partial charge < -0.3 is 14.5 Å². The lowest BCUT2D eigenvalue weighted by Crippen LogP contribution is -2.50. The SMILES string of the molecule is CCOC(=O)N1CCC(N(C[C@@H]2C[C@@H]3C=C[C@H]2C3)C(=O)c2cc(C)n(C)n2)CC1. The summed E-state index contributed by atoms with van der Waals surface area (Å²) in [7, 11) is 1.87. The van der Waals surface area contributed by atoms with Gasteiger partial charge in [0.15, 0.2) is 5.69 Å². The molecule has 3 atom stereocenters. The first-order chi connectivity index (χ1) is 14.0. The topological polar surface area (TPSA) is 67.7 Å². The van der Waals surface area contributed by atoms with Crippen LogP contribution in [0.5, 0.6) is 0 Å². The van der Waals surface area contributed by atoms with Crippen molar-refractivity contribution in [3.8, 4) is 0 Å². The van der Waals surface area contributed by atoms with Gasteiger partial charge in [-0.15, -0.1) is 0 Å². The van der Waals surface area contributed by atoms with Crippen LogP contribution in [0, 0.1) is 24.7 Å². The zero-order valence-corrected chi connectivity index (χ0v) is 17.7. The fourth-order valence-corrected chi connectivity index (χ4v) is 5.14. The number of fused-ring (bicyclic) bond motifs is 2. The summed E-state index contributed by atoms with van der Waals surface area (Å²) in [6.45, 7) is 6.22. The Kier molecular flexibility index (Phi) is 5.65. The Balaban J connectivity index is 1.48. The zero-order valence-electron chi connectivity index (χ0n) is 17.7. The van der Waals surface area contributed by atoms with E-state index in [4.69, 9.17) is 4.74 Å². The fraction of sp³-hybridized carbons (Fsp3) is 0.682. The summed E-state index contributed by atoms with van der Waals surface area (Å²) in [5.41, 5.74) is 1.50. The molecule has 0 N–H and O–H groups in total. The number of aromatic nitrogens is 2. The Morgan fingerprint density at radius 2 is 2.00 bits per heavy atom. The molecule has 7 heteroatoms. The van der Waals surface area contributed by atoms with Crippen molar-refractivity contribution >= 4 is 12.0 Å². The van der Waals surface area contributed by atoms with Gasteiger partial charge in [0.25, 0.3) is 5.91 Å². The van der Waals surface area contributed by atoms with Crippen LogP contribution in [-0.2, 0) is 11.8 Å². The molecule has 2 heterocycles.